The molecule has 0 aromatic heterocycles. The monoisotopic (exact) mass is 225 g/mol. The van der Waals surface area contributed by atoms with E-state index in [2.05, 4.69) is 4.74 Å². The first-order valence-electron chi connectivity index (χ1n) is 3.81. The molecule has 3 nitrogen and oxygen atoms in total. The van der Waals surface area contributed by atoms with Crippen molar-refractivity contribution in [1.29, 1.82) is 0 Å². The summed E-state index contributed by atoms with van der Waals surface area (Å²) in [4.78, 5) is 0. The predicted octanol–water partition coefficient (Wildman–Crippen LogP) is 2.57. The lowest BCUT2D eigenvalue weighted by molar-refractivity contribution is -0.153. The third-order valence-electron chi connectivity index (χ3n) is 1.46. The molecule has 0 saturated carbocycles. The molecule has 15 heavy (non-hydrogen) atoms. The van der Waals surface area contributed by atoms with E-state index in [1.54, 1.807) is 5.48 Å². The summed E-state index contributed by atoms with van der Waals surface area (Å²) < 4.78 is 52.2. The predicted molar refractivity (Wildman–Crippen MR) is 43.4 cm³/mol. The lowest BCUT2D eigenvalue weighted by atomic mass is 10.3. The molecule has 0 bridgehead atoms. The fourth-order valence-electron chi connectivity index (χ4n) is 0.868. The van der Waals surface area contributed by atoms with Crippen molar-refractivity contribution in [3.63, 3.8) is 0 Å². The van der Waals surface area contributed by atoms with E-state index >= 15 is 0 Å². The minimum absolute atomic E-state index is 0.138. The van der Waals surface area contributed by atoms with Crippen LogP contribution in [0.3, 0.4) is 0 Å². The molecular formula is C8H7F4NO2. The van der Waals surface area contributed by atoms with Gasteiger partial charge in [0.05, 0.1) is 0 Å². The van der Waals surface area contributed by atoms with E-state index in [4.69, 9.17) is 5.21 Å². The number of hydrogen-bond acceptors (Lipinski definition) is 3. The van der Waals surface area contributed by atoms with Crippen molar-refractivity contribution in [2.45, 2.75) is 6.18 Å². The van der Waals surface area contributed by atoms with Gasteiger partial charge in [-0.1, -0.05) is 0 Å². The quantitative estimate of drug-likeness (QED) is 0.613. The first-order chi connectivity index (χ1) is 6.92. The van der Waals surface area contributed by atoms with Crippen molar-refractivity contribution < 1.29 is 27.5 Å². The van der Waals surface area contributed by atoms with E-state index in [1.807, 2.05) is 0 Å². The molecule has 0 fully saturated rings. The number of ether oxygens (including phenoxy) is 1. The zero-order valence-corrected chi connectivity index (χ0v) is 7.31. The van der Waals surface area contributed by atoms with Crippen LogP contribution in [-0.4, -0.2) is 18.0 Å². The molecule has 0 amide bonds. The maximum Gasteiger partial charge on any atom is 0.422 e. The zero-order valence-electron chi connectivity index (χ0n) is 7.31. The Morgan fingerprint density at radius 3 is 2.53 bits per heavy atom. The van der Waals surface area contributed by atoms with Gasteiger partial charge in [-0.3, -0.25) is 10.7 Å². The van der Waals surface area contributed by atoms with E-state index in [0.717, 1.165) is 18.2 Å². The standard InChI is InChI=1S/C8H7F4NO2/c9-5-1-2-6(13-14)7(3-5)15-4-8(10,11)12/h1-3,13-14H,4H2. The second-order valence-corrected chi connectivity index (χ2v) is 2.66. The minimum atomic E-state index is -4.51. The molecule has 0 aliphatic carbocycles. The van der Waals surface area contributed by atoms with Gasteiger partial charge < -0.3 is 4.74 Å². The molecule has 0 heterocycles. The Labute approximate surface area is 82.2 Å². The molecule has 1 rings (SSSR count). The first-order valence-corrected chi connectivity index (χ1v) is 3.81. The van der Waals surface area contributed by atoms with Crippen molar-refractivity contribution in [2.75, 3.05) is 12.1 Å². The van der Waals surface area contributed by atoms with Crippen LogP contribution in [0.25, 0.3) is 0 Å². The maximum absolute atomic E-state index is 12.6. The Hall–Kier alpha value is -1.50. The van der Waals surface area contributed by atoms with Gasteiger partial charge >= 0.3 is 6.18 Å². The zero-order chi connectivity index (χ0) is 11.5. The molecule has 7 heteroatoms. The number of nitrogens with one attached hydrogen (secondary N) is 1. The molecule has 84 valence electrons. The Morgan fingerprint density at radius 2 is 2.00 bits per heavy atom. The number of alkyl halides is 3. The number of anilines is 1. The van der Waals surface area contributed by atoms with Gasteiger partial charge in [0.2, 0.25) is 0 Å². The molecule has 2 N–H and O–H groups in total. The van der Waals surface area contributed by atoms with Crippen LogP contribution < -0.4 is 10.2 Å². The van der Waals surface area contributed by atoms with Gasteiger partial charge in [-0.2, -0.15) is 13.2 Å². The van der Waals surface area contributed by atoms with Gasteiger partial charge in [0.1, 0.15) is 17.3 Å². The van der Waals surface area contributed by atoms with Gasteiger partial charge in [0.15, 0.2) is 6.61 Å². The third-order valence-corrected chi connectivity index (χ3v) is 1.46. The highest BCUT2D eigenvalue weighted by Crippen LogP contribution is 2.26. The van der Waals surface area contributed by atoms with Crippen LogP contribution in [0.5, 0.6) is 5.75 Å². The van der Waals surface area contributed by atoms with Crippen LogP contribution in [0.4, 0.5) is 23.2 Å². The summed E-state index contributed by atoms with van der Waals surface area (Å²) in [6.07, 6.45) is -4.51. The summed E-state index contributed by atoms with van der Waals surface area (Å²) in [6.45, 7) is -1.55. The fraction of sp³-hybridized carbons (Fsp3) is 0.250. The highest BCUT2D eigenvalue weighted by molar-refractivity contribution is 5.54. The molecule has 0 radical (unpaired) electrons. The molecule has 0 spiro atoms. The second-order valence-electron chi connectivity index (χ2n) is 2.66. The van der Waals surface area contributed by atoms with E-state index in [1.165, 1.54) is 0 Å². The maximum atomic E-state index is 12.6. The van der Waals surface area contributed by atoms with Gasteiger partial charge in [-0.05, 0) is 12.1 Å². The molecule has 0 unspecified atom stereocenters. The molecule has 0 saturated heterocycles. The summed E-state index contributed by atoms with van der Waals surface area (Å²) in [5.74, 6) is -1.17. The van der Waals surface area contributed by atoms with Crippen LogP contribution in [-0.2, 0) is 0 Å². The van der Waals surface area contributed by atoms with Gasteiger partial charge in [0.25, 0.3) is 0 Å². The Kier molecular flexibility index (Phi) is 3.35. The van der Waals surface area contributed by atoms with Gasteiger partial charge in [-0.25, -0.2) is 4.39 Å². The average molecular weight is 225 g/mol. The molecule has 0 atom stereocenters. The second kappa shape index (κ2) is 4.35. The SMILES string of the molecule is ONc1ccc(F)cc1OCC(F)(F)F. The minimum Gasteiger partial charge on any atom is -0.482 e. The first kappa shape index (κ1) is 11.6. The summed E-state index contributed by atoms with van der Waals surface area (Å²) >= 11 is 0. The normalized spacial score (nSPS) is 11.3. The smallest absolute Gasteiger partial charge is 0.422 e. The van der Waals surface area contributed by atoms with Crippen LogP contribution >= 0.6 is 0 Å². The van der Waals surface area contributed by atoms with E-state index in [9.17, 15) is 17.6 Å². The van der Waals surface area contributed by atoms with Crippen molar-refractivity contribution in [2.24, 2.45) is 0 Å². The summed E-state index contributed by atoms with van der Waals surface area (Å²) in [5, 5.41) is 8.51. The van der Waals surface area contributed by atoms with Crippen LogP contribution in [0.15, 0.2) is 18.2 Å². The number of halogens is 4. The van der Waals surface area contributed by atoms with E-state index < -0.39 is 24.3 Å². The third kappa shape index (κ3) is 3.62. The van der Waals surface area contributed by atoms with Crippen molar-refractivity contribution >= 4 is 5.69 Å². The molecule has 1 aromatic carbocycles. The van der Waals surface area contributed by atoms with Crippen molar-refractivity contribution in [3.05, 3.63) is 24.0 Å². The number of hydrogen-bond donors (Lipinski definition) is 2. The topological polar surface area (TPSA) is 41.5 Å². The average Bonchev–Trinajstić information content (AvgIpc) is 2.14. The lowest BCUT2D eigenvalue weighted by Gasteiger charge is -2.12. The Balaban J connectivity index is 2.79. The highest BCUT2D eigenvalue weighted by atomic mass is 19.4. The van der Waals surface area contributed by atoms with Crippen molar-refractivity contribution in [1.82, 2.24) is 0 Å². The number of rotatable bonds is 3. The lowest BCUT2D eigenvalue weighted by Crippen LogP contribution is -2.19. The summed E-state index contributed by atoms with van der Waals surface area (Å²) in [5.41, 5.74) is 1.46. The van der Waals surface area contributed by atoms with Crippen LogP contribution in [0, 0.1) is 5.82 Å². The highest BCUT2D eigenvalue weighted by Gasteiger charge is 2.28. The molecule has 0 aliphatic rings. The van der Waals surface area contributed by atoms with E-state index in [0.29, 0.717) is 0 Å². The summed E-state index contributed by atoms with van der Waals surface area (Å²) in [7, 11) is 0. The Morgan fingerprint density at radius 1 is 1.33 bits per heavy atom. The van der Waals surface area contributed by atoms with Gasteiger partial charge in [0, 0.05) is 6.07 Å². The molecule has 0 aliphatic heterocycles. The van der Waals surface area contributed by atoms with E-state index in [-0.39, 0.29) is 5.69 Å². The number of benzene rings is 1. The Bertz CT molecular complexity index is 340. The van der Waals surface area contributed by atoms with Crippen LogP contribution in [0.1, 0.15) is 0 Å². The largest absolute Gasteiger partial charge is 0.482 e. The molecular weight excluding hydrogens is 218 g/mol. The summed E-state index contributed by atoms with van der Waals surface area (Å²) in [6, 6.07) is 2.77. The van der Waals surface area contributed by atoms with Gasteiger partial charge in [-0.15, -0.1) is 0 Å². The molecule has 1 aromatic rings. The van der Waals surface area contributed by atoms with Crippen LogP contribution in [0.2, 0.25) is 0 Å². The van der Waals surface area contributed by atoms with Crippen molar-refractivity contribution in [3.8, 4) is 5.75 Å². The fourth-order valence-corrected chi connectivity index (χ4v) is 0.868.